The third-order valence-corrected chi connectivity index (χ3v) is 3.16. The lowest BCUT2D eigenvalue weighted by Crippen LogP contribution is -2.27. The zero-order chi connectivity index (χ0) is 20.2. The molecule has 1 aromatic carbocycles. The molecular weight excluding hydrogens is 338 g/mol. The molecule has 0 unspecified atom stereocenters. The Hall–Kier alpha value is -2.12. The summed E-state index contributed by atoms with van der Waals surface area (Å²) in [4.78, 5) is 18.2. The normalized spacial score (nSPS) is 10.8. The maximum Gasteiger partial charge on any atom is 0.414 e. The zero-order valence-electron chi connectivity index (χ0n) is 16.2. The Bertz CT molecular complexity index is 539. The van der Waals surface area contributed by atoms with Crippen LogP contribution in [0.3, 0.4) is 0 Å². The van der Waals surface area contributed by atoms with E-state index in [4.69, 9.17) is 29.3 Å². The standard InChI is InChI=1S/C17H29NO2.C2H2O4/c1-14(2)18-10-11-19-12-13-20-16-9-7-6-8-15(16)17(3,4)5;3-1(4)2(5)6/h6-9,14,18H,10-13H2,1-5H3;(H,3,4)(H,5,6). The van der Waals surface area contributed by atoms with Gasteiger partial charge in [0.05, 0.1) is 13.2 Å². The van der Waals surface area contributed by atoms with Gasteiger partial charge in [-0.2, -0.15) is 0 Å². The largest absolute Gasteiger partial charge is 0.491 e. The highest BCUT2D eigenvalue weighted by atomic mass is 16.5. The molecule has 0 radical (unpaired) electrons. The van der Waals surface area contributed by atoms with E-state index < -0.39 is 11.9 Å². The van der Waals surface area contributed by atoms with Gasteiger partial charge in [-0.25, -0.2) is 9.59 Å². The Labute approximate surface area is 155 Å². The molecular formula is C19H31NO6. The quantitative estimate of drug-likeness (QED) is 0.478. The lowest BCUT2D eigenvalue weighted by molar-refractivity contribution is -0.159. The average molecular weight is 369 g/mol. The first-order chi connectivity index (χ1) is 12.1. The highest BCUT2D eigenvalue weighted by Gasteiger charge is 2.18. The summed E-state index contributed by atoms with van der Waals surface area (Å²) in [6, 6.07) is 8.73. The van der Waals surface area contributed by atoms with Gasteiger partial charge in [-0.05, 0) is 17.0 Å². The molecule has 7 nitrogen and oxygen atoms in total. The smallest absolute Gasteiger partial charge is 0.414 e. The Kier molecular flexibility index (Phi) is 11.3. The van der Waals surface area contributed by atoms with E-state index in [0.29, 0.717) is 19.3 Å². The van der Waals surface area contributed by atoms with Crippen LogP contribution in [0.4, 0.5) is 0 Å². The Morgan fingerprint density at radius 3 is 2.12 bits per heavy atom. The third kappa shape index (κ3) is 11.4. The van der Waals surface area contributed by atoms with Gasteiger partial charge in [0.2, 0.25) is 0 Å². The zero-order valence-corrected chi connectivity index (χ0v) is 16.2. The lowest BCUT2D eigenvalue weighted by Gasteiger charge is -2.22. The van der Waals surface area contributed by atoms with Gasteiger partial charge in [-0.3, -0.25) is 0 Å². The summed E-state index contributed by atoms with van der Waals surface area (Å²) in [5.41, 5.74) is 1.33. The van der Waals surface area contributed by atoms with Crippen LogP contribution in [0, 0.1) is 0 Å². The molecule has 7 heteroatoms. The Morgan fingerprint density at radius 2 is 1.62 bits per heavy atom. The van der Waals surface area contributed by atoms with Crippen molar-refractivity contribution in [3.63, 3.8) is 0 Å². The number of carbonyl (C=O) groups is 2. The van der Waals surface area contributed by atoms with E-state index in [1.54, 1.807) is 0 Å². The van der Waals surface area contributed by atoms with E-state index in [9.17, 15) is 0 Å². The van der Waals surface area contributed by atoms with Gasteiger partial charge < -0.3 is 25.0 Å². The molecule has 0 aliphatic carbocycles. The molecule has 0 saturated heterocycles. The minimum atomic E-state index is -1.82. The van der Waals surface area contributed by atoms with Crippen LogP contribution in [0.1, 0.15) is 40.2 Å². The number of hydrogen-bond acceptors (Lipinski definition) is 5. The fourth-order valence-electron chi connectivity index (χ4n) is 1.94. The number of rotatable bonds is 8. The van der Waals surface area contributed by atoms with Gasteiger partial charge in [0.1, 0.15) is 12.4 Å². The number of ether oxygens (including phenoxy) is 2. The Morgan fingerprint density at radius 1 is 1.04 bits per heavy atom. The van der Waals surface area contributed by atoms with Crippen LogP contribution < -0.4 is 10.1 Å². The summed E-state index contributed by atoms with van der Waals surface area (Å²) in [7, 11) is 0. The van der Waals surface area contributed by atoms with Crippen molar-refractivity contribution in [1.82, 2.24) is 5.32 Å². The molecule has 0 aromatic heterocycles. The number of hydrogen-bond donors (Lipinski definition) is 3. The van der Waals surface area contributed by atoms with Crippen molar-refractivity contribution in [2.75, 3.05) is 26.4 Å². The molecule has 148 valence electrons. The van der Waals surface area contributed by atoms with E-state index in [-0.39, 0.29) is 5.41 Å². The van der Waals surface area contributed by atoms with E-state index in [1.165, 1.54) is 5.56 Å². The first kappa shape index (κ1) is 23.9. The first-order valence-corrected chi connectivity index (χ1v) is 8.55. The highest BCUT2D eigenvalue weighted by molar-refractivity contribution is 6.27. The van der Waals surface area contributed by atoms with Crippen LogP contribution in [-0.2, 0) is 19.7 Å². The van der Waals surface area contributed by atoms with Crippen molar-refractivity contribution in [3.8, 4) is 5.75 Å². The summed E-state index contributed by atoms with van der Waals surface area (Å²) < 4.78 is 11.4. The van der Waals surface area contributed by atoms with Crippen LogP contribution in [0.2, 0.25) is 0 Å². The summed E-state index contributed by atoms with van der Waals surface area (Å²) in [6.07, 6.45) is 0. The maximum atomic E-state index is 9.10. The van der Waals surface area contributed by atoms with Crippen molar-refractivity contribution in [2.45, 2.75) is 46.1 Å². The highest BCUT2D eigenvalue weighted by Crippen LogP contribution is 2.30. The predicted octanol–water partition coefficient (Wildman–Crippen LogP) is 2.53. The van der Waals surface area contributed by atoms with Crippen molar-refractivity contribution in [3.05, 3.63) is 29.8 Å². The van der Waals surface area contributed by atoms with Crippen molar-refractivity contribution in [2.24, 2.45) is 0 Å². The van der Waals surface area contributed by atoms with E-state index in [1.807, 2.05) is 12.1 Å². The van der Waals surface area contributed by atoms with Gasteiger partial charge >= 0.3 is 11.9 Å². The molecule has 26 heavy (non-hydrogen) atoms. The average Bonchev–Trinajstić information content (AvgIpc) is 2.53. The number of benzene rings is 1. The lowest BCUT2D eigenvalue weighted by atomic mass is 9.86. The number of carboxylic acid groups (broad SMARTS) is 2. The first-order valence-electron chi connectivity index (χ1n) is 8.55. The van der Waals surface area contributed by atoms with Gasteiger partial charge in [0.15, 0.2) is 0 Å². The monoisotopic (exact) mass is 369 g/mol. The third-order valence-electron chi connectivity index (χ3n) is 3.16. The van der Waals surface area contributed by atoms with E-state index in [0.717, 1.165) is 18.9 Å². The summed E-state index contributed by atoms with van der Waals surface area (Å²) >= 11 is 0. The SMILES string of the molecule is CC(C)NCCOCCOc1ccccc1C(C)(C)C.O=C(O)C(=O)O. The van der Waals surface area contributed by atoms with Crippen LogP contribution >= 0.6 is 0 Å². The molecule has 0 saturated carbocycles. The second kappa shape index (κ2) is 12.3. The van der Waals surface area contributed by atoms with Gasteiger partial charge in [0, 0.05) is 12.6 Å². The van der Waals surface area contributed by atoms with Crippen LogP contribution in [0.5, 0.6) is 5.75 Å². The minimum Gasteiger partial charge on any atom is -0.491 e. The molecule has 0 heterocycles. The van der Waals surface area contributed by atoms with Gasteiger partial charge in [-0.15, -0.1) is 0 Å². The topological polar surface area (TPSA) is 105 Å². The molecule has 1 aromatic rings. The fraction of sp³-hybridized carbons (Fsp3) is 0.579. The number of carboxylic acids is 2. The Balaban J connectivity index is 0.000000896. The molecule has 0 aliphatic rings. The number of aliphatic carboxylic acids is 2. The molecule has 0 amide bonds. The fourth-order valence-corrected chi connectivity index (χ4v) is 1.94. The maximum absolute atomic E-state index is 9.10. The second-order valence-corrected chi connectivity index (χ2v) is 6.93. The van der Waals surface area contributed by atoms with Crippen LogP contribution in [-0.4, -0.2) is 54.6 Å². The van der Waals surface area contributed by atoms with Crippen molar-refractivity contribution < 1.29 is 29.3 Å². The van der Waals surface area contributed by atoms with E-state index >= 15 is 0 Å². The number of nitrogens with one attached hydrogen (secondary N) is 1. The van der Waals surface area contributed by atoms with Gasteiger partial charge in [0.25, 0.3) is 0 Å². The molecule has 1 rings (SSSR count). The number of para-hydroxylation sites is 1. The minimum absolute atomic E-state index is 0.0959. The van der Waals surface area contributed by atoms with Crippen molar-refractivity contribution in [1.29, 1.82) is 0 Å². The molecule has 0 bridgehead atoms. The molecule has 0 fully saturated rings. The molecule has 0 atom stereocenters. The predicted molar refractivity (Wildman–Crippen MR) is 99.9 cm³/mol. The van der Waals surface area contributed by atoms with E-state index in [2.05, 4.69) is 52.1 Å². The van der Waals surface area contributed by atoms with Crippen LogP contribution in [0.15, 0.2) is 24.3 Å². The summed E-state index contributed by atoms with van der Waals surface area (Å²) in [6.45, 7) is 13.7. The molecule has 3 N–H and O–H groups in total. The van der Waals surface area contributed by atoms with Gasteiger partial charge in [-0.1, -0.05) is 52.8 Å². The molecule has 0 aliphatic heterocycles. The van der Waals surface area contributed by atoms with Crippen molar-refractivity contribution >= 4 is 11.9 Å². The second-order valence-electron chi connectivity index (χ2n) is 6.93. The van der Waals surface area contributed by atoms with Crippen LogP contribution in [0.25, 0.3) is 0 Å². The summed E-state index contributed by atoms with van der Waals surface area (Å²) in [5.74, 6) is -2.69. The summed E-state index contributed by atoms with van der Waals surface area (Å²) in [5, 5.41) is 18.1. The molecule has 0 spiro atoms.